The Balaban J connectivity index is 1.53. The summed E-state index contributed by atoms with van der Waals surface area (Å²) in [6.07, 6.45) is 1.63. The number of anilines is 1. The lowest BCUT2D eigenvalue weighted by Gasteiger charge is -2.13. The van der Waals surface area contributed by atoms with Crippen molar-refractivity contribution in [1.82, 2.24) is 9.97 Å². The minimum Gasteiger partial charge on any atom is -0.495 e. The van der Waals surface area contributed by atoms with Crippen LogP contribution in [0.5, 0.6) is 11.5 Å². The van der Waals surface area contributed by atoms with E-state index in [-0.39, 0.29) is 6.42 Å². The van der Waals surface area contributed by atoms with Crippen LogP contribution in [0.15, 0.2) is 41.9 Å². The van der Waals surface area contributed by atoms with Crippen molar-refractivity contribution in [3.8, 4) is 22.2 Å². The number of ether oxygens (including phenoxy) is 3. The van der Waals surface area contributed by atoms with Crippen LogP contribution in [0.4, 0.5) is 5.69 Å². The first-order chi connectivity index (χ1) is 14.5. The highest BCUT2D eigenvalue weighted by Gasteiger charge is 2.15. The van der Waals surface area contributed by atoms with E-state index < -0.39 is 18.5 Å². The molecule has 0 atom stereocenters. The molecule has 10 heteroatoms. The van der Waals surface area contributed by atoms with Crippen LogP contribution in [0.1, 0.15) is 5.69 Å². The van der Waals surface area contributed by atoms with E-state index in [1.807, 2.05) is 18.2 Å². The van der Waals surface area contributed by atoms with Gasteiger partial charge in [-0.25, -0.2) is 4.98 Å². The highest BCUT2D eigenvalue weighted by Crippen LogP contribution is 2.35. The van der Waals surface area contributed by atoms with E-state index in [1.54, 1.807) is 17.6 Å². The standard InChI is InChI=1S/C20H18ClN3O5S/c1-27-16-9-17(28-2)15(8-13(16)21)24-18(25)10-29-19(26)7-12-11-30-20(23-12)14-5-3-4-6-22-14/h3-6,8-9,11H,7,10H2,1-2H3,(H,24,25). The average molecular weight is 448 g/mol. The zero-order valence-electron chi connectivity index (χ0n) is 16.2. The SMILES string of the molecule is COc1cc(OC)c(NC(=O)COC(=O)Cc2csc(-c3ccccn3)n2)cc1Cl. The van der Waals surface area contributed by atoms with Crippen LogP contribution in [-0.4, -0.2) is 42.7 Å². The highest BCUT2D eigenvalue weighted by molar-refractivity contribution is 7.13. The molecule has 3 aromatic rings. The van der Waals surface area contributed by atoms with Crippen LogP contribution in [0.2, 0.25) is 5.02 Å². The molecule has 1 aromatic carbocycles. The molecule has 1 amide bonds. The molecular formula is C20H18ClN3O5S. The number of amides is 1. The largest absolute Gasteiger partial charge is 0.495 e. The van der Waals surface area contributed by atoms with Crippen molar-refractivity contribution >= 4 is 40.5 Å². The van der Waals surface area contributed by atoms with E-state index in [4.69, 9.17) is 25.8 Å². The Kier molecular flexibility index (Phi) is 7.21. The summed E-state index contributed by atoms with van der Waals surface area (Å²) in [5.74, 6) is -0.329. The third-order valence-electron chi connectivity index (χ3n) is 3.87. The lowest BCUT2D eigenvalue weighted by Crippen LogP contribution is -2.22. The zero-order valence-corrected chi connectivity index (χ0v) is 17.7. The molecule has 0 fully saturated rings. The fourth-order valence-electron chi connectivity index (χ4n) is 2.48. The lowest BCUT2D eigenvalue weighted by atomic mass is 10.2. The Bertz CT molecular complexity index is 1040. The van der Waals surface area contributed by atoms with Gasteiger partial charge in [0, 0.05) is 17.6 Å². The Morgan fingerprint density at radius 1 is 1.17 bits per heavy atom. The second-order valence-corrected chi connectivity index (χ2v) is 7.20. The predicted molar refractivity (Wildman–Crippen MR) is 113 cm³/mol. The number of pyridine rings is 1. The van der Waals surface area contributed by atoms with E-state index in [0.29, 0.717) is 32.9 Å². The lowest BCUT2D eigenvalue weighted by molar-refractivity contribution is -0.146. The molecule has 8 nitrogen and oxygen atoms in total. The van der Waals surface area contributed by atoms with Crippen LogP contribution in [-0.2, 0) is 20.7 Å². The topological polar surface area (TPSA) is 99.6 Å². The van der Waals surface area contributed by atoms with Gasteiger partial charge >= 0.3 is 5.97 Å². The van der Waals surface area contributed by atoms with Gasteiger partial charge in [-0.2, -0.15) is 0 Å². The highest BCUT2D eigenvalue weighted by atomic mass is 35.5. The summed E-state index contributed by atoms with van der Waals surface area (Å²) in [5.41, 5.74) is 1.62. The number of thiazole rings is 1. The minimum absolute atomic E-state index is 0.0473. The summed E-state index contributed by atoms with van der Waals surface area (Å²) in [6.45, 7) is -0.455. The molecule has 156 valence electrons. The number of rotatable bonds is 8. The predicted octanol–water partition coefficient (Wildman–Crippen LogP) is 3.60. The molecule has 1 N–H and O–H groups in total. The van der Waals surface area contributed by atoms with E-state index in [1.165, 1.54) is 31.6 Å². The van der Waals surface area contributed by atoms with Crippen molar-refractivity contribution in [1.29, 1.82) is 0 Å². The van der Waals surface area contributed by atoms with Gasteiger partial charge in [0.25, 0.3) is 5.91 Å². The maximum atomic E-state index is 12.2. The van der Waals surface area contributed by atoms with Gasteiger partial charge in [0.05, 0.1) is 42.7 Å². The fraction of sp³-hybridized carbons (Fsp3) is 0.200. The zero-order chi connectivity index (χ0) is 21.5. The maximum absolute atomic E-state index is 12.2. The summed E-state index contributed by atoms with van der Waals surface area (Å²) in [4.78, 5) is 32.8. The number of nitrogens with one attached hydrogen (secondary N) is 1. The van der Waals surface area contributed by atoms with Crippen molar-refractivity contribution in [3.05, 3.63) is 52.6 Å². The van der Waals surface area contributed by atoms with Crippen LogP contribution in [0.25, 0.3) is 10.7 Å². The van der Waals surface area contributed by atoms with Gasteiger partial charge in [-0.15, -0.1) is 11.3 Å². The number of carbonyl (C=O) groups excluding carboxylic acids is 2. The van der Waals surface area contributed by atoms with Gasteiger partial charge in [0.15, 0.2) is 6.61 Å². The van der Waals surface area contributed by atoms with Gasteiger partial charge in [-0.05, 0) is 18.2 Å². The molecule has 30 heavy (non-hydrogen) atoms. The molecule has 0 aliphatic carbocycles. The van der Waals surface area contributed by atoms with Gasteiger partial charge in [-0.1, -0.05) is 17.7 Å². The Hall–Kier alpha value is -3.17. The molecule has 0 spiro atoms. The number of aromatic nitrogens is 2. The van der Waals surface area contributed by atoms with E-state index >= 15 is 0 Å². The van der Waals surface area contributed by atoms with Gasteiger partial charge in [-0.3, -0.25) is 14.6 Å². The molecule has 3 rings (SSSR count). The van der Waals surface area contributed by atoms with Crippen LogP contribution in [0.3, 0.4) is 0 Å². The van der Waals surface area contributed by atoms with E-state index in [2.05, 4.69) is 15.3 Å². The number of benzene rings is 1. The minimum atomic E-state index is -0.567. The van der Waals surface area contributed by atoms with Crippen LogP contribution in [0, 0.1) is 0 Å². The molecular weight excluding hydrogens is 430 g/mol. The van der Waals surface area contributed by atoms with Gasteiger partial charge < -0.3 is 19.5 Å². The first kappa shape index (κ1) is 21.5. The summed E-state index contributed by atoms with van der Waals surface area (Å²) in [5, 5.41) is 5.37. The average Bonchev–Trinajstić information content (AvgIpc) is 3.21. The molecule has 2 aromatic heterocycles. The summed E-state index contributed by atoms with van der Waals surface area (Å²) >= 11 is 7.46. The van der Waals surface area contributed by atoms with Crippen LogP contribution >= 0.6 is 22.9 Å². The van der Waals surface area contributed by atoms with Crippen molar-refractivity contribution in [2.45, 2.75) is 6.42 Å². The fourth-order valence-corrected chi connectivity index (χ4v) is 3.52. The second kappa shape index (κ2) is 10.0. The van der Waals surface area contributed by atoms with Gasteiger partial charge in [0.1, 0.15) is 16.5 Å². The van der Waals surface area contributed by atoms with Crippen molar-refractivity contribution < 1.29 is 23.8 Å². The first-order valence-electron chi connectivity index (χ1n) is 8.73. The number of hydrogen-bond acceptors (Lipinski definition) is 8. The summed E-state index contributed by atoms with van der Waals surface area (Å²) in [7, 11) is 2.92. The van der Waals surface area contributed by atoms with E-state index in [9.17, 15) is 9.59 Å². The van der Waals surface area contributed by atoms with E-state index in [0.717, 1.165) is 5.69 Å². The molecule has 2 heterocycles. The third kappa shape index (κ3) is 5.46. The Morgan fingerprint density at radius 2 is 1.97 bits per heavy atom. The second-order valence-electron chi connectivity index (χ2n) is 5.93. The first-order valence-corrected chi connectivity index (χ1v) is 9.98. The normalized spacial score (nSPS) is 10.4. The molecule has 0 bridgehead atoms. The molecule has 0 saturated heterocycles. The van der Waals surface area contributed by atoms with Crippen molar-refractivity contribution in [2.75, 3.05) is 26.1 Å². The number of nitrogens with zero attached hydrogens (tertiary/aromatic N) is 2. The maximum Gasteiger partial charge on any atom is 0.312 e. The molecule has 0 unspecified atom stereocenters. The molecule has 0 saturated carbocycles. The van der Waals surface area contributed by atoms with Crippen molar-refractivity contribution in [2.24, 2.45) is 0 Å². The monoisotopic (exact) mass is 447 g/mol. The quantitative estimate of drug-likeness (QED) is 0.526. The van der Waals surface area contributed by atoms with Gasteiger partial charge in [0.2, 0.25) is 0 Å². The number of esters is 1. The molecule has 0 aliphatic heterocycles. The smallest absolute Gasteiger partial charge is 0.312 e. The number of carbonyl (C=O) groups is 2. The Labute approximate surface area is 181 Å². The molecule has 0 aliphatic rings. The Morgan fingerprint density at radius 3 is 2.67 bits per heavy atom. The number of halogens is 1. The summed E-state index contributed by atoms with van der Waals surface area (Å²) in [6, 6.07) is 8.56. The molecule has 0 radical (unpaired) electrons. The third-order valence-corrected chi connectivity index (χ3v) is 5.08. The number of hydrogen-bond donors (Lipinski definition) is 1. The van der Waals surface area contributed by atoms with Crippen LogP contribution < -0.4 is 14.8 Å². The summed E-state index contributed by atoms with van der Waals surface area (Å²) < 4.78 is 15.4. The van der Waals surface area contributed by atoms with Crippen molar-refractivity contribution in [3.63, 3.8) is 0 Å². The number of methoxy groups -OCH3 is 2.